The Morgan fingerprint density at radius 2 is 2.29 bits per heavy atom. The van der Waals surface area contributed by atoms with Gasteiger partial charge in [0.15, 0.2) is 0 Å². The molecule has 0 bridgehead atoms. The van der Waals surface area contributed by atoms with Crippen LogP contribution in [0.25, 0.3) is 0 Å². The molecule has 17 heavy (non-hydrogen) atoms. The quantitative estimate of drug-likeness (QED) is 0.643. The van der Waals surface area contributed by atoms with E-state index in [1.165, 1.54) is 18.4 Å². The highest BCUT2D eigenvalue weighted by molar-refractivity contribution is 9.10. The highest BCUT2D eigenvalue weighted by Crippen LogP contribution is 2.25. The van der Waals surface area contributed by atoms with Crippen molar-refractivity contribution in [1.82, 2.24) is 5.32 Å². The topological polar surface area (TPSA) is 21.3 Å². The molecule has 3 heteroatoms. The van der Waals surface area contributed by atoms with Crippen LogP contribution in [-0.2, 0) is 6.54 Å². The molecule has 0 aliphatic heterocycles. The van der Waals surface area contributed by atoms with Crippen molar-refractivity contribution in [1.29, 1.82) is 0 Å². The second-order valence-electron chi connectivity index (χ2n) is 4.21. The van der Waals surface area contributed by atoms with E-state index in [9.17, 15) is 0 Å². The molecule has 2 nitrogen and oxygen atoms in total. The van der Waals surface area contributed by atoms with E-state index >= 15 is 0 Å². The number of nitrogens with one attached hydrogen (secondary N) is 1. The first kappa shape index (κ1) is 12.5. The van der Waals surface area contributed by atoms with Crippen molar-refractivity contribution in [3.8, 4) is 18.1 Å². The van der Waals surface area contributed by atoms with Gasteiger partial charge in [-0.1, -0.05) is 15.9 Å². The standard InChI is InChI=1S/C14H16BrNO/c1-2-3-8-17-14-7-4-12(15)9-11(14)10-16-13-5-6-13/h1,4,7,9,13,16H,3,5-6,8,10H2. The van der Waals surface area contributed by atoms with Gasteiger partial charge in [0.05, 0.1) is 6.61 Å². The minimum Gasteiger partial charge on any atom is -0.492 e. The summed E-state index contributed by atoms with van der Waals surface area (Å²) >= 11 is 3.49. The highest BCUT2D eigenvalue weighted by Gasteiger charge is 2.20. The van der Waals surface area contributed by atoms with Crippen molar-refractivity contribution in [2.24, 2.45) is 0 Å². The van der Waals surface area contributed by atoms with E-state index < -0.39 is 0 Å². The summed E-state index contributed by atoms with van der Waals surface area (Å²) in [5.74, 6) is 3.51. The number of hydrogen-bond donors (Lipinski definition) is 1. The first-order valence-corrected chi connectivity index (χ1v) is 6.67. The van der Waals surface area contributed by atoms with E-state index in [2.05, 4.69) is 33.2 Å². The molecule has 90 valence electrons. The lowest BCUT2D eigenvalue weighted by atomic mass is 10.2. The van der Waals surface area contributed by atoms with Gasteiger partial charge in [-0.25, -0.2) is 0 Å². The maximum atomic E-state index is 5.68. The molecule has 1 aliphatic rings. The third kappa shape index (κ3) is 4.07. The minimum absolute atomic E-state index is 0.578. The fraction of sp³-hybridized carbons (Fsp3) is 0.429. The zero-order valence-corrected chi connectivity index (χ0v) is 11.3. The van der Waals surface area contributed by atoms with Crippen molar-refractivity contribution in [3.05, 3.63) is 28.2 Å². The average Bonchev–Trinajstić information content (AvgIpc) is 3.13. The largest absolute Gasteiger partial charge is 0.492 e. The molecule has 0 unspecified atom stereocenters. The van der Waals surface area contributed by atoms with Gasteiger partial charge in [0.1, 0.15) is 5.75 Å². The molecule has 1 aromatic rings. The summed E-state index contributed by atoms with van der Waals surface area (Å²) < 4.78 is 6.76. The molecule has 0 saturated heterocycles. The maximum Gasteiger partial charge on any atom is 0.123 e. The molecule has 1 N–H and O–H groups in total. The molecule has 0 radical (unpaired) electrons. The zero-order chi connectivity index (χ0) is 12.1. The molecule has 1 aliphatic carbocycles. The van der Waals surface area contributed by atoms with Gasteiger partial charge in [-0.05, 0) is 31.0 Å². The van der Waals surface area contributed by atoms with Crippen LogP contribution >= 0.6 is 15.9 Å². The van der Waals surface area contributed by atoms with Crippen LogP contribution in [-0.4, -0.2) is 12.6 Å². The molecule has 0 spiro atoms. The Morgan fingerprint density at radius 3 is 3.00 bits per heavy atom. The van der Waals surface area contributed by atoms with E-state index in [0.29, 0.717) is 19.1 Å². The van der Waals surface area contributed by atoms with Gasteiger partial charge in [0.2, 0.25) is 0 Å². The summed E-state index contributed by atoms with van der Waals surface area (Å²) in [5.41, 5.74) is 1.18. The van der Waals surface area contributed by atoms with Gasteiger partial charge < -0.3 is 10.1 Å². The Balaban J connectivity index is 1.98. The average molecular weight is 294 g/mol. The summed E-state index contributed by atoms with van der Waals surface area (Å²) in [6.45, 7) is 1.43. The first-order chi connectivity index (χ1) is 8.29. The van der Waals surface area contributed by atoms with Crippen molar-refractivity contribution < 1.29 is 4.74 Å². The monoisotopic (exact) mass is 293 g/mol. The lowest BCUT2D eigenvalue weighted by Gasteiger charge is -2.11. The molecule has 0 heterocycles. The van der Waals surface area contributed by atoms with Crippen LogP contribution in [0.1, 0.15) is 24.8 Å². The van der Waals surface area contributed by atoms with Gasteiger partial charge in [-0.2, -0.15) is 0 Å². The second kappa shape index (κ2) is 6.09. The van der Waals surface area contributed by atoms with Crippen molar-refractivity contribution in [2.45, 2.75) is 31.8 Å². The molecule has 1 fully saturated rings. The summed E-state index contributed by atoms with van der Waals surface area (Å²) in [6.07, 6.45) is 8.44. The third-order valence-electron chi connectivity index (χ3n) is 2.69. The smallest absolute Gasteiger partial charge is 0.123 e. The van der Waals surface area contributed by atoms with E-state index in [4.69, 9.17) is 11.2 Å². The van der Waals surface area contributed by atoms with E-state index in [1.807, 2.05) is 12.1 Å². The predicted octanol–water partition coefficient (Wildman–Crippen LogP) is 3.10. The van der Waals surface area contributed by atoms with Crippen LogP contribution in [0, 0.1) is 12.3 Å². The summed E-state index contributed by atoms with van der Waals surface area (Å²) in [4.78, 5) is 0. The Morgan fingerprint density at radius 1 is 1.47 bits per heavy atom. The Hall–Kier alpha value is -0.980. The molecular formula is C14H16BrNO. The molecule has 0 amide bonds. The van der Waals surface area contributed by atoms with Gasteiger partial charge in [-0.3, -0.25) is 0 Å². The summed E-state index contributed by atoms with van der Waals surface area (Å²) in [6, 6.07) is 6.78. The number of terminal acetylenes is 1. The molecule has 0 aromatic heterocycles. The van der Waals surface area contributed by atoms with Crippen molar-refractivity contribution in [3.63, 3.8) is 0 Å². The van der Waals surface area contributed by atoms with Crippen molar-refractivity contribution >= 4 is 15.9 Å². The van der Waals surface area contributed by atoms with E-state index in [1.54, 1.807) is 0 Å². The number of benzene rings is 1. The van der Waals surface area contributed by atoms with Crippen LogP contribution < -0.4 is 10.1 Å². The molecular weight excluding hydrogens is 278 g/mol. The lowest BCUT2D eigenvalue weighted by molar-refractivity contribution is 0.322. The van der Waals surface area contributed by atoms with Crippen LogP contribution in [0.5, 0.6) is 5.75 Å². The normalized spacial score (nSPS) is 14.4. The number of halogens is 1. The Kier molecular flexibility index (Phi) is 4.47. The van der Waals surface area contributed by atoms with Crippen LogP contribution in [0.4, 0.5) is 0 Å². The predicted molar refractivity (Wildman–Crippen MR) is 72.9 cm³/mol. The number of ether oxygens (including phenoxy) is 1. The van der Waals surface area contributed by atoms with Crippen LogP contribution in [0.2, 0.25) is 0 Å². The van der Waals surface area contributed by atoms with Crippen LogP contribution in [0.3, 0.4) is 0 Å². The Bertz CT molecular complexity index is 421. The SMILES string of the molecule is C#CCCOc1ccc(Br)cc1CNC1CC1. The summed E-state index contributed by atoms with van der Waals surface area (Å²) in [5, 5.41) is 3.49. The molecule has 1 aromatic carbocycles. The van der Waals surface area contributed by atoms with Crippen LogP contribution in [0.15, 0.2) is 22.7 Å². The fourth-order valence-electron chi connectivity index (χ4n) is 1.59. The highest BCUT2D eigenvalue weighted by atomic mass is 79.9. The maximum absolute atomic E-state index is 5.68. The third-order valence-corrected chi connectivity index (χ3v) is 3.18. The van der Waals surface area contributed by atoms with Crippen molar-refractivity contribution in [2.75, 3.05) is 6.61 Å². The van der Waals surface area contributed by atoms with E-state index in [-0.39, 0.29) is 0 Å². The van der Waals surface area contributed by atoms with Gasteiger partial charge >= 0.3 is 0 Å². The number of rotatable bonds is 6. The fourth-order valence-corrected chi connectivity index (χ4v) is 2.00. The Labute approximate surface area is 111 Å². The molecule has 0 atom stereocenters. The zero-order valence-electron chi connectivity index (χ0n) is 9.71. The molecule has 1 saturated carbocycles. The minimum atomic E-state index is 0.578. The second-order valence-corrected chi connectivity index (χ2v) is 5.13. The van der Waals surface area contributed by atoms with E-state index in [0.717, 1.165) is 16.8 Å². The van der Waals surface area contributed by atoms with Gasteiger partial charge in [0.25, 0.3) is 0 Å². The summed E-state index contributed by atoms with van der Waals surface area (Å²) in [7, 11) is 0. The van der Waals surface area contributed by atoms with Gasteiger partial charge in [-0.15, -0.1) is 12.3 Å². The molecule has 2 rings (SSSR count). The number of hydrogen-bond acceptors (Lipinski definition) is 2. The lowest BCUT2D eigenvalue weighted by Crippen LogP contribution is -2.16. The first-order valence-electron chi connectivity index (χ1n) is 5.87. The van der Waals surface area contributed by atoms with Gasteiger partial charge in [0, 0.05) is 29.0 Å².